The van der Waals surface area contributed by atoms with E-state index in [-0.39, 0.29) is 0 Å². The van der Waals surface area contributed by atoms with Gasteiger partial charge in [0, 0.05) is 31.4 Å². The van der Waals surface area contributed by atoms with Crippen molar-refractivity contribution >= 4 is 5.69 Å². The largest absolute Gasteiger partial charge is 0.497 e. The number of rotatable bonds is 6. The molecule has 0 atom stereocenters. The van der Waals surface area contributed by atoms with Gasteiger partial charge in [0.1, 0.15) is 5.75 Å². The molecule has 3 heteroatoms. The topological polar surface area (TPSA) is 38.5 Å². The number of nitrogens with zero attached hydrogens (tertiary/aromatic N) is 1. The van der Waals surface area contributed by atoms with Crippen molar-refractivity contribution in [3.05, 3.63) is 23.8 Å². The third-order valence-electron chi connectivity index (χ3n) is 2.73. The lowest BCUT2D eigenvalue weighted by Crippen LogP contribution is -2.25. The maximum atomic E-state index is 5.76. The molecule has 90 valence electrons. The molecule has 0 saturated heterocycles. The van der Waals surface area contributed by atoms with Gasteiger partial charge in [0.15, 0.2) is 0 Å². The summed E-state index contributed by atoms with van der Waals surface area (Å²) in [6.45, 7) is 6.96. The Kier molecular flexibility index (Phi) is 5.12. The Bertz CT molecular complexity index is 326. The molecule has 0 heterocycles. The van der Waals surface area contributed by atoms with Gasteiger partial charge in [-0.25, -0.2) is 0 Å². The van der Waals surface area contributed by atoms with Crippen molar-refractivity contribution in [3.63, 3.8) is 0 Å². The lowest BCUT2D eigenvalue weighted by molar-refractivity contribution is 0.414. The molecule has 0 aromatic heterocycles. The lowest BCUT2D eigenvalue weighted by atomic mass is 10.1. The van der Waals surface area contributed by atoms with Gasteiger partial charge in [-0.3, -0.25) is 0 Å². The summed E-state index contributed by atoms with van der Waals surface area (Å²) in [5.41, 5.74) is 8.14. The SMILES string of the molecule is CCCN(CC)c1cc(OC)ccc1CN. The molecule has 0 aliphatic carbocycles. The summed E-state index contributed by atoms with van der Waals surface area (Å²) >= 11 is 0. The zero-order valence-corrected chi connectivity index (χ0v) is 10.5. The molecular weight excluding hydrogens is 200 g/mol. The third kappa shape index (κ3) is 2.89. The third-order valence-corrected chi connectivity index (χ3v) is 2.73. The van der Waals surface area contributed by atoms with E-state index in [4.69, 9.17) is 10.5 Å². The Hall–Kier alpha value is -1.22. The number of anilines is 1. The van der Waals surface area contributed by atoms with E-state index >= 15 is 0 Å². The van der Waals surface area contributed by atoms with Crippen LogP contribution in [0.15, 0.2) is 18.2 Å². The van der Waals surface area contributed by atoms with E-state index in [0.717, 1.165) is 25.3 Å². The molecule has 16 heavy (non-hydrogen) atoms. The van der Waals surface area contributed by atoms with Gasteiger partial charge in [0.2, 0.25) is 0 Å². The highest BCUT2D eigenvalue weighted by atomic mass is 16.5. The van der Waals surface area contributed by atoms with Gasteiger partial charge in [-0.15, -0.1) is 0 Å². The van der Waals surface area contributed by atoms with E-state index in [1.54, 1.807) is 7.11 Å². The second-order valence-corrected chi connectivity index (χ2v) is 3.78. The molecule has 1 rings (SSSR count). The van der Waals surface area contributed by atoms with Crippen LogP contribution in [-0.4, -0.2) is 20.2 Å². The van der Waals surface area contributed by atoms with Gasteiger partial charge < -0.3 is 15.4 Å². The Labute approximate surface area is 98.2 Å². The number of methoxy groups -OCH3 is 1. The van der Waals surface area contributed by atoms with Crippen molar-refractivity contribution in [2.24, 2.45) is 5.73 Å². The molecule has 0 saturated carbocycles. The van der Waals surface area contributed by atoms with Crippen LogP contribution < -0.4 is 15.4 Å². The predicted molar refractivity (Wildman–Crippen MR) is 69.1 cm³/mol. The maximum Gasteiger partial charge on any atom is 0.120 e. The Morgan fingerprint density at radius 3 is 2.56 bits per heavy atom. The van der Waals surface area contributed by atoms with Crippen molar-refractivity contribution in [2.75, 3.05) is 25.1 Å². The number of benzene rings is 1. The molecule has 0 radical (unpaired) electrons. The minimum Gasteiger partial charge on any atom is -0.497 e. The smallest absolute Gasteiger partial charge is 0.120 e. The fraction of sp³-hybridized carbons (Fsp3) is 0.538. The monoisotopic (exact) mass is 222 g/mol. The van der Waals surface area contributed by atoms with Crippen LogP contribution in [0.3, 0.4) is 0 Å². The van der Waals surface area contributed by atoms with Crippen molar-refractivity contribution in [3.8, 4) is 5.75 Å². The van der Waals surface area contributed by atoms with Gasteiger partial charge in [0.05, 0.1) is 7.11 Å². The number of hydrogen-bond acceptors (Lipinski definition) is 3. The van der Waals surface area contributed by atoms with Crippen LogP contribution in [-0.2, 0) is 6.54 Å². The molecule has 1 aromatic carbocycles. The number of ether oxygens (including phenoxy) is 1. The van der Waals surface area contributed by atoms with E-state index in [0.29, 0.717) is 6.54 Å². The summed E-state index contributed by atoms with van der Waals surface area (Å²) in [5, 5.41) is 0. The van der Waals surface area contributed by atoms with E-state index in [2.05, 4.69) is 24.8 Å². The van der Waals surface area contributed by atoms with Crippen LogP contribution in [0.5, 0.6) is 5.75 Å². The van der Waals surface area contributed by atoms with Gasteiger partial charge in [-0.05, 0) is 25.0 Å². The summed E-state index contributed by atoms with van der Waals surface area (Å²) in [5.74, 6) is 0.891. The first-order valence-electron chi connectivity index (χ1n) is 5.88. The molecule has 0 aliphatic rings. The van der Waals surface area contributed by atoms with Crippen LogP contribution >= 0.6 is 0 Å². The first kappa shape index (κ1) is 12.8. The van der Waals surface area contributed by atoms with E-state index in [9.17, 15) is 0 Å². The van der Waals surface area contributed by atoms with Crippen molar-refractivity contribution in [1.29, 1.82) is 0 Å². The molecule has 3 nitrogen and oxygen atoms in total. The van der Waals surface area contributed by atoms with Crippen molar-refractivity contribution in [1.82, 2.24) is 0 Å². The highest BCUT2D eigenvalue weighted by Gasteiger charge is 2.09. The summed E-state index contributed by atoms with van der Waals surface area (Å²) in [6, 6.07) is 6.08. The second-order valence-electron chi connectivity index (χ2n) is 3.78. The normalized spacial score (nSPS) is 10.2. The van der Waals surface area contributed by atoms with E-state index < -0.39 is 0 Å². The quantitative estimate of drug-likeness (QED) is 0.803. The van der Waals surface area contributed by atoms with E-state index in [1.807, 2.05) is 12.1 Å². The Morgan fingerprint density at radius 1 is 1.31 bits per heavy atom. The average molecular weight is 222 g/mol. The maximum absolute atomic E-state index is 5.76. The van der Waals surface area contributed by atoms with Gasteiger partial charge in [-0.2, -0.15) is 0 Å². The first-order chi connectivity index (χ1) is 7.76. The molecule has 0 unspecified atom stereocenters. The molecule has 2 N–H and O–H groups in total. The van der Waals surface area contributed by atoms with Crippen LogP contribution in [0.1, 0.15) is 25.8 Å². The fourth-order valence-electron chi connectivity index (χ4n) is 1.86. The number of nitrogens with two attached hydrogens (primary N) is 1. The van der Waals surface area contributed by atoms with Crippen LogP contribution in [0, 0.1) is 0 Å². The van der Waals surface area contributed by atoms with Crippen LogP contribution in [0.2, 0.25) is 0 Å². The summed E-state index contributed by atoms with van der Waals surface area (Å²) in [4.78, 5) is 2.34. The summed E-state index contributed by atoms with van der Waals surface area (Å²) < 4.78 is 5.26. The molecule has 1 aromatic rings. The minimum absolute atomic E-state index is 0.569. The van der Waals surface area contributed by atoms with Gasteiger partial charge in [0.25, 0.3) is 0 Å². The highest BCUT2D eigenvalue weighted by Crippen LogP contribution is 2.26. The molecule has 0 bridgehead atoms. The zero-order valence-electron chi connectivity index (χ0n) is 10.5. The second kappa shape index (κ2) is 6.38. The van der Waals surface area contributed by atoms with Crippen molar-refractivity contribution in [2.45, 2.75) is 26.8 Å². The van der Waals surface area contributed by atoms with Crippen LogP contribution in [0.4, 0.5) is 5.69 Å². The summed E-state index contributed by atoms with van der Waals surface area (Å²) in [7, 11) is 1.69. The summed E-state index contributed by atoms with van der Waals surface area (Å²) in [6.07, 6.45) is 1.13. The molecule has 0 fully saturated rings. The Morgan fingerprint density at radius 2 is 2.06 bits per heavy atom. The highest BCUT2D eigenvalue weighted by molar-refractivity contribution is 5.57. The molecule has 0 amide bonds. The predicted octanol–water partition coefficient (Wildman–Crippen LogP) is 2.39. The lowest BCUT2D eigenvalue weighted by Gasteiger charge is -2.25. The number of hydrogen-bond donors (Lipinski definition) is 1. The van der Waals surface area contributed by atoms with Gasteiger partial charge >= 0.3 is 0 Å². The average Bonchev–Trinajstić information content (AvgIpc) is 2.35. The zero-order chi connectivity index (χ0) is 12.0. The van der Waals surface area contributed by atoms with Crippen LogP contribution in [0.25, 0.3) is 0 Å². The van der Waals surface area contributed by atoms with Gasteiger partial charge in [-0.1, -0.05) is 13.0 Å². The standard InChI is InChI=1S/C13H22N2O/c1-4-8-15(5-2)13-9-12(16-3)7-6-11(13)10-14/h6-7,9H,4-5,8,10,14H2,1-3H3. The van der Waals surface area contributed by atoms with E-state index in [1.165, 1.54) is 11.3 Å². The molecule has 0 spiro atoms. The molecular formula is C13H22N2O. The van der Waals surface area contributed by atoms with Crippen molar-refractivity contribution < 1.29 is 4.74 Å². The minimum atomic E-state index is 0.569. The molecule has 0 aliphatic heterocycles. The Balaban J connectivity index is 3.05. The fourth-order valence-corrected chi connectivity index (χ4v) is 1.86. The first-order valence-corrected chi connectivity index (χ1v) is 5.88.